The maximum absolute atomic E-state index is 11.7. The highest BCUT2D eigenvalue weighted by atomic mass is 16.9. The zero-order chi connectivity index (χ0) is 15.0. The van der Waals surface area contributed by atoms with Gasteiger partial charge in [-0.25, -0.2) is 9.59 Å². The van der Waals surface area contributed by atoms with Gasteiger partial charge in [-0.15, -0.1) is 0 Å². The second kappa shape index (κ2) is 5.85. The van der Waals surface area contributed by atoms with Crippen molar-refractivity contribution in [3.63, 3.8) is 0 Å². The second-order valence-corrected chi connectivity index (χ2v) is 4.88. The van der Waals surface area contributed by atoms with Gasteiger partial charge in [-0.05, 0) is 6.42 Å². The Hall–Kier alpha value is -1.26. The fraction of sp³-hybridized carbons (Fsp3) is 0.833. The van der Waals surface area contributed by atoms with Gasteiger partial charge in [0.2, 0.25) is 0 Å². The number of carbonyl (C=O) groups is 2. The molecule has 3 heterocycles. The number of carboxylic acids is 1. The average Bonchev–Trinajstić information content (AvgIpc) is 3.01. The van der Waals surface area contributed by atoms with Gasteiger partial charge in [-0.2, -0.15) is 0 Å². The van der Waals surface area contributed by atoms with Crippen molar-refractivity contribution in [3.8, 4) is 0 Å². The number of hydrogen-bond acceptors (Lipinski definition) is 8. The molecule has 3 aliphatic rings. The van der Waals surface area contributed by atoms with Crippen LogP contribution in [0.3, 0.4) is 0 Å². The van der Waals surface area contributed by atoms with E-state index in [4.69, 9.17) is 33.5 Å². The van der Waals surface area contributed by atoms with Gasteiger partial charge in [0, 0.05) is 0 Å². The Bertz CT molecular complexity index is 425. The molecular weight excluding hydrogens is 288 g/mol. The first kappa shape index (κ1) is 14.7. The molecule has 3 saturated heterocycles. The van der Waals surface area contributed by atoms with Crippen LogP contribution in [0, 0.1) is 0 Å². The van der Waals surface area contributed by atoms with E-state index in [-0.39, 0.29) is 13.2 Å². The standard InChI is InChI=1S/C12H16O9/c1-2-3-16-9(15)12-17-4-5-6(19-12)7-10(18-5)21-11(20-7)8(13)14/h5-7,10-12H,2-4H2,1H3,(H,13,14). The first-order chi connectivity index (χ1) is 10.1. The number of ether oxygens (including phenoxy) is 6. The number of carbonyl (C=O) groups excluding carboxylic acids is 1. The van der Waals surface area contributed by atoms with Crippen molar-refractivity contribution in [1.29, 1.82) is 0 Å². The smallest absolute Gasteiger partial charge is 0.363 e. The third-order valence-electron chi connectivity index (χ3n) is 3.34. The lowest BCUT2D eigenvalue weighted by Crippen LogP contribution is -2.49. The van der Waals surface area contributed by atoms with Crippen LogP contribution in [-0.2, 0) is 38.0 Å². The lowest BCUT2D eigenvalue weighted by molar-refractivity contribution is -0.269. The molecule has 0 aromatic heterocycles. The van der Waals surface area contributed by atoms with Crippen molar-refractivity contribution in [1.82, 2.24) is 0 Å². The number of fused-ring (bicyclic) bond motifs is 3. The monoisotopic (exact) mass is 304 g/mol. The van der Waals surface area contributed by atoms with Crippen LogP contribution in [0.15, 0.2) is 0 Å². The fourth-order valence-electron chi connectivity index (χ4n) is 2.42. The molecule has 0 aliphatic carbocycles. The Balaban J connectivity index is 1.61. The number of hydrogen-bond donors (Lipinski definition) is 1. The Morgan fingerprint density at radius 2 is 1.90 bits per heavy atom. The lowest BCUT2D eigenvalue weighted by atomic mass is 10.1. The van der Waals surface area contributed by atoms with Gasteiger partial charge in [0.05, 0.1) is 13.2 Å². The molecule has 0 amide bonds. The first-order valence-electron chi connectivity index (χ1n) is 6.73. The van der Waals surface area contributed by atoms with Crippen LogP contribution in [0.25, 0.3) is 0 Å². The zero-order valence-electron chi connectivity index (χ0n) is 11.3. The molecule has 0 radical (unpaired) electrons. The van der Waals surface area contributed by atoms with E-state index in [1.807, 2.05) is 6.92 Å². The molecule has 9 nitrogen and oxygen atoms in total. The third kappa shape index (κ3) is 2.74. The maximum Gasteiger partial charge on any atom is 0.363 e. The SMILES string of the molecule is CCCOC(=O)C1OCC2OC3OC(C(=O)O)OC3C2O1. The van der Waals surface area contributed by atoms with Crippen LogP contribution in [0.5, 0.6) is 0 Å². The van der Waals surface area contributed by atoms with Crippen molar-refractivity contribution in [2.24, 2.45) is 0 Å². The largest absolute Gasteiger partial charge is 0.477 e. The molecule has 118 valence electrons. The van der Waals surface area contributed by atoms with E-state index in [1.165, 1.54) is 0 Å². The molecule has 0 spiro atoms. The van der Waals surface area contributed by atoms with E-state index in [9.17, 15) is 9.59 Å². The van der Waals surface area contributed by atoms with E-state index in [0.29, 0.717) is 6.42 Å². The normalized spacial score (nSPS) is 41.4. The van der Waals surface area contributed by atoms with Gasteiger partial charge in [-0.1, -0.05) is 6.92 Å². The number of esters is 1. The molecule has 3 rings (SSSR count). The van der Waals surface area contributed by atoms with Crippen molar-refractivity contribution in [2.45, 2.75) is 50.5 Å². The fourth-order valence-corrected chi connectivity index (χ4v) is 2.42. The average molecular weight is 304 g/mol. The Labute approximate surface area is 120 Å². The van der Waals surface area contributed by atoms with Gasteiger partial charge in [0.15, 0.2) is 6.29 Å². The minimum atomic E-state index is -1.39. The minimum absolute atomic E-state index is 0.119. The molecule has 6 atom stereocenters. The van der Waals surface area contributed by atoms with Crippen LogP contribution in [0.4, 0.5) is 0 Å². The van der Waals surface area contributed by atoms with E-state index in [2.05, 4.69) is 0 Å². The highest BCUT2D eigenvalue weighted by Crippen LogP contribution is 2.37. The summed E-state index contributed by atoms with van der Waals surface area (Å²) in [6, 6.07) is 0. The highest BCUT2D eigenvalue weighted by Gasteiger charge is 2.57. The molecular formula is C12H16O9. The summed E-state index contributed by atoms with van der Waals surface area (Å²) in [5.74, 6) is -1.86. The van der Waals surface area contributed by atoms with Crippen molar-refractivity contribution < 1.29 is 43.1 Å². The number of carboxylic acid groups (broad SMARTS) is 1. The maximum atomic E-state index is 11.7. The molecule has 21 heavy (non-hydrogen) atoms. The molecule has 0 aromatic carbocycles. The Morgan fingerprint density at radius 1 is 1.14 bits per heavy atom. The molecule has 6 unspecified atom stereocenters. The summed E-state index contributed by atoms with van der Waals surface area (Å²) in [6.07, 6.45) is -4.51. The quantitative estimate of drug-likeness (QED) is 0.669. The Morgan fingerprint density at radius 3 is 2.62 bits per heavy atom. The summed E-state index contributed by atoms with van der Waals surface area (Å²) in [4.78, 5) is 22.6. The predicted octanol–water partition coefficient (Wildman–Crippen LogP) is -0.768. The van der Waals surface area contributed by atoms with Gasteiger partial charge in [0.25, 0.3) is 12.6 Å². The summed E-state index contributed by atoms with van der Waals surface area (Å²) < 4.78 is 31.5. The molecule has 0 aromatic rings. The molecule has 3 fully saturated rings. The Kier molecular flexibility index (Phi) is 4.09. The topological polar surface area (TPSA) is 110 Å². The summed E-state index contributed by atoms with van der Waals surface area (Å²) in [6.45, 7) is 2.27. The number of rotatable bonds is 4. The van der Waals surface area contributed by atoms with Gasteiger partial charge in [0.1, 0.15) is 18.3 Å². The van der Waals surface area contributed by atoms with Crippen LogP contribution in [-0.4, -0.2) is 67.4 Å². The van der Waals surface area contributed by atoms with Crippen LogP contribution in [0.2, 0.25) is 0 Å². The molecule has 9 heteroatoms. The van der Waals surface area contributed by atoms with Gasteiger partial charge >= 0.3 is 11.9 Å². The predicted molar refractivity (Wildman–Crippen MR) is 61.9 cm³/mol. The third-order valence-corrected chi connectivity index (χ3v) is 3.34. The van der Waals surface area contributed by atoms with Crippen molar-refractivity contribution in [2.75, 3.05) is 13.2 Å². The first-order valence-corrected chi connectivity index (χ1v) is 6.73. The molecule has 1 N–H and O–H groups in total. The van der Waals surface area contributed by atoms with Crippen LogP contribution < -0.4 is 0 Å². The van der Waals surface area contributed by atoms with E-state index in [1.54, 1.807) is 0 Å². The molecule has 0 bridgehead atoms. The van der Waals surface area contributed by atoms with Crippen LogP contribution in [0.1, 0.15) is 13.3 Å². The second-order valence-electron chi connectivity index (χ2n) is 4.88. The van der Waals surface area contributed by atoms with E-state index in [0.717, 1.165) is 0 Å². The minimum Gasteiger partial charge on any atom is -0.477 e. The van der Waals surface area contributed by atoms with Crippen molar-refractivity contribution >= 4 is 11.9 Å². The van der Waals surface area contributed by atoms with Crippen molar-refractivity contribution in [3.05, 3.63) is 0 Å². The van der Waals surface area contributed by atoms with Crippen LogP contribution >= 0.6 is 0 Å². The number of aliphatic carboxylic acids is 1. The van der Waals surface area contributed by atoms with E-state index >= 15 is 0 Å². The summed E-state index contributed by atoms with van der Waals surface area (Å²) in [5.41, 5.74) is 0. The summed E-state index contributed by atoms with van der Waals surface area (Å²) in [5, 5.41) is 8.86. The lowest BCUT2D eigenvalue weighted by Gasteiger charge is -2.31. The van der Waals surface area contributed by atoms with Gasteiger partial charge < -0.3 is 33.5 Å². The van der Waals surface area contributed by atoms with E-state index < -0.39 is 49.1 Å². The highest BCUT2D eigenvalue weighted by molar-refractivity contribution is 5.73. The molecule has 0 saturated carbocycles. The summed E-state index contributed by atoms with van der Waals surface area (Å²) >= 11 is 0. The molecule has 3 aliphatic heterocycles. The van der Waals surface area contributed by atoms with Gasteiger partial charge in [-0.3, -0.25) is 0 Å². The zero-order valence-corrected chi connectivity index (χ0v) is 11.3. The summed E-state index contributed by atoms with van der Waals surface area (Å²) in [7, 11) is 0.